The monoisotopic (exact) mass is 295 g/mol. The number of nitrogens with one attached hydrogen (secondary N) is 1. The molecule has 1 unspecified atom stereocenters. The lowest BCUT2D eigenvalue weighted by molar-refractivity contribution is -0.109. The van der Waals surface area contributed by atoms with Crippen molar-refractivity contribution in [1.29, 1.82) is 0 Å². The van der Waals surface area contributed by atoms with Crippen LogP contribution in [0.5, 0.6) is 0 Å². The summed E-state index contributed by atoms with van der Waals surface area (Å²) in [6.45, 7) is 11.3. The van der Waals surface area contributed by atoms with Crippen LogP contribution in [-0.2, 0) is 22.0 Å². The quantitative estimate of drug-likeness (QED) is 0.869. The molecule has 0 bridgehead atoms. The minimum atomic E-state index is -0.775. The lowest BCUT2D eigenvalue weighted by Crippen LogP contribution is -2.36. The third kappa shape index (κ3) is 4.88. The van der Waals surface area contributed by atoms with E-state index in [0.717, 1.165) is 5.69 Å². The molecule has 0 aliphatic rings. The number of nitrogens with zero attached hydrogens (tertiary/aromatic N) is 2. The Balaban J connectivity index is 3.01. The van der Waals surface area contributed by atoms with Gasteiger partial charge in [-0.05, 0) is 20.8 Å². The molecule has 6 nitrogen and oxygen atoms in total. The fourth-order valence-corrected chi connectivity index (χ4v) is 1.94. The van der Waals surface area contributed by atoms with Crippen molar-refractivity contribution < 1.29 is 14.3 Å². The highest BCUT2D eigenvalue weighted by Crippen LogP contribution is 2.27. The zero-order valence-corrected chi connectivity index (χ0v) is 13.9. The molecular weight excluding hydrogens is 270 g/mol. The summed E-state index contributed by atoms with van der Waals surface area (Å²) in [6, 6.07) is -0.775. The van der Waals surface area contributed by atoms with E-state index in [4.69, 9.17) is 4.74 Å². The van der Waals surface area contributed by atoms with Crippen molar-refractivity contribution in [1.82, 2.24) is 15.1 Å². The second kappa shape index (κ2) is 5.87. The van der Waals surface area contributed by atoms with Crippen LogP contribution in [0.15, 0.2) is 6.20 Å². The Hall–Kier alpha value is -1.85. The molecule has 118 valence electrons. The summed E-state index contributed by atoms with van der Waals surface area (Å²) >= 11 is 0. The molecule has 0 aliphatic carbocycles. The van der Waals surface area contributed by atoms with Gasteiger partial charge in [0.1, 0.15) is 17.9 Å². The first-order chi connectivity index (χ1) is 9.44. The Morgan fingerprint density at radius 3 is 2.33 bits per heavy atom. The van der Waals surface area contributed by atoms with Crippen LogP contribution in [0.4, 0.5) is 4.79 Å². The van der Waals surface area contributed by atoms with Gasteiger partial charge in [0.25, 0.3) is 0 Å². The summed E-state index contributed by atoms with van der Waals surface area (Å²) in [7, 11) is 1.79. The summed E-state index contributed by atoms with van der Waals surface area (Å²) in [5.74, 6) is 0. The van der Waals surface area contributed by atoms with Crippen LogP contribution in [0.3, 0.4) is 0 Å². The van der Waals surface area contributed by atoms with E-state index in [1.54, 1.807) is 38.7 Å². The molecule has 0 saturated heterocycles. The molecule has 0 aliphatic heterocycles. The molecule has 0 aromatic carbocycles. The van der Waals surface area contributed by atoms with Gasteiger partial charge in [-0.2, -0.15) is 5.10 Å². The summed E-state index contributed by atoms with van der Waals surface area (Å²) in [5, 5.41) is 6.98. The van der Waals surface area contributed by atoms with Gasteiger partial charge >= 0.3 is 6.09 Å². The molecule has 0 radical (unpaired) electrons. The van der Waals surface area contributed by atoms with Gasteiger partial charge in [0.2, 0.25) is 0 Å². The van der Waals surface area contributed by atoms with Crippen LogP contribution in [0.1, 0.15) is 58.8 Å². The fourth-order valence-electron chi connectivity index (χ4n) is 1.94. The predicted octanol–water partition coefficient (Wildman–Crippen LogP) is 2.48. The number of ether oxygens (including phenoxy) is 1. The lowest BCUT2D eigenvalue weighted by Gasteiger charge is -2.23. The average molecular weight is 295 g/mol. The molecule has 1 heterocycles. The van der Waals surface area contributed by atoms with Gasteiger partial charge in [0.05, 0.1) is 5.69 Å². The largest absolute Gasteiger partial charge is 0.444 e. The number of aryl methyl sites for hydroxylation is 1. The van der Waals surface area contributed by atoms with E-state index in [0.29, 0.717) is 11.8 Å². The Kier molecular flexibility index (Phi) is 4.81. The minimum Gasteiger partial charge on any atom is -0.444 e. The number of carbonyl (C=O) groups is 2. The van der Waals surface area contributed by atoms with Crippen molar-refractivity contribution in [2.45, 2.75) is 58.6 Å². The maximum Gasteiger partial charge on any atom is 0.408 e. The van der Waals surface area contributed by atoms with Gasteiger partial charge in [0.15, 0.2) is 0 Å². The molecule has 1 aromatic rings. The van der Waals surface area contributed by atoms with E-state index in [2.05, 4.69) is 10.4 Å². The molecule has 1 aromatic heterocycles. The van der Waals surface area contributed by atoms with Gasteiger partial charge in [-0.3, -0.25) is 4.68 Å². The summed E-state index contributed by atoms with van der Waals surface area (Å²) < 4.78 is 6.83. The molecule has 1 amide bonds. The highest BCUT2D eigenvalue weighted by molar-refractivity contribution is 5.75. The first-order valence-electron chi connectivity index (χ1n) is 6.93. The van der Waals surface area contributed by atoms with E-state index >= 15 is 0 Å². The first kappa shape index (κ1) is 17.2. The zero-order valence-electron chi connectivity index (χ0n) is 13.9. The van der Waals surface area contributed by atoms with E-state index in [9.17, 15) is 9.59 Å². The van der Waals surface area contributed by atoms with Crippen molar-refractivity contribution in [2.24, 2.45) is 7.05 Å². The molecule has 0 fully saturated rings. The SMILES string of the molecule is Cn1cc(C(C=O)NC(=O)OC(C)(C)C)c(C(C)(C)C)n1. The van der Waals surface area contributed by atoms with E-state index in [1.807, 2.05) is 20.8 Å². The predicted molar refractivity (Wildman–Crippen MR) is 80.1 cm³/mol. The molecule has 0 saturated carbocycles. The summed E-state index contributed by atoms with van der Waals surface area (Å²) in [4.78, 5) is 23.2. The molecule has 6 heteroatoms. The van der Waals surface area contributed by atoms with Crippen LogP contribution in [0.2, 0.25) is 0 Å². The number of carbonyl (C=O) groups excluding carboxylic acids is 2. The van der Waals surface area contributed by atoms with E-state index in [1.165, 1.54) is 0 Å². The van der Waals surface area contributed by atoms with Crippen molar-refractivity contribution in [3.05, 3.63) is 17.5 Å². The normalized spacial score (nSPS) is 13.7. The Morgan fingerprint density at radius 1 is 1.33 bits per heavy atom. The second-order valence-electron chi connectivity index (χ2n) is 7.12. The summed E-state index contributed by atoms with van der Waals surface area (Å²) in [5.41, 5.74) is 0.622. The molecule has 21 heavy (non-hydrogen) atoms. The Morgan fingerprint density at radius 2 is 1.90 bits per heavy atom. The average Bonchev–Trinajstić information content (AvgIpc) is 2.65. The third-order valence-corrected chi connectivity index (χ3v) is 2.71. The zero-order chi connectivity index (χ0) is 16.4. The highest BCUT2D eigenvalue weighted by Gasteiger charge is 2.28. The minimum absolute atomic E-state index is 0.229. The van der Waals surface area contributed by atoms with Crippen molar-refractivity contribution in [3.63, 3.8) is 0 Å². The first-order valence-corrected chi connectivity index (χ1v) is 6.93. The Labute approximate surface area is 125 Å². The van der Waals surface area contributed by atoms with Crippen LogP contribution < -0.4 is 5.32 Å². The molecule has 1 atom stereocenters. The number of aromatic nitrogens is 2. The van der Waals surface area contributed by atoms with E-state index < -0.39 is 17.7 Å². The molecular formula is C15H25N3O3. The topological polar surface area (TPSA) is 73.2 Å². The molecule has 1 rings (SSSR count). The fraction of sp³-hybridized carbons (Fsp3) is 0.667. The lowest BCUT2D eigenvalue weighted by atomic mass is 9.88. The number of hydrogen-bond donors (Lipinski definition) is 1. The standard InChI is InChI=1S/C15H25N3O3/c1-14(2,3)12-10(8-18(7)17-12)11(9-19)16-13(20)21-15(4,5)6/h8-9,11H,1-7H3,(H,16,20). The maximum atomic E-state index is 11.8. The molecule has 1 N–H and O–H groups in total. The van der Waals surface area contributed by atoms with Gasteiger partial charge in [0, 0.05) is 24.2 Å². The second-order valence-corrected chi connectivity index (χ2v) is 7.12. The highest BCUT2D eigenvalue weighted by atomic mass is 16.6. The number of rotatable bonds is 3. The number of amides is 1. The van der Waals surface area contributed by atoms with Crippen LogP contribution >= 0.6 is 0 Å². The van der Waals surface area contributed by atoms with Crippen molar-refractivity contribution in [2.75, 3.05) is 0 Å². The maximum absolute atomic E-state index is 11.8. The van der Waals surface area contributed by atoms with Crippen molar-refractivity contribution in [3.8, 4) is 0 Å². The third-order valence-electron chi connectivity index (χ3n) is 2.71. The van der Waals surface area contributed by atoms with Crippen LogP contribution in [0.25, 0.3) is 0 Å². The number of hydrogen-bond acceptors (Lipinski definition) is 4. The van der Waals surface area contributed by atoms with Crippen molar-refractivity contribution >= 4 is 12.4 Å². The van der Waals surface area contributed by atoms with Gasteiger partial charge in [-0.15, -0.1) is 0 Å². The molecule has 0 spiro atoms. The van der Waals surface area contributed by atoms with Gasteiger partial charge in [-0.1, -0.05) is 20.8 Å². The number of aldehydes is 1. The van der Waals surface area contributed by atoms with Gasteiger partial charge in [-0.25, -0.2) is 4.79 Å². The van der Waals surface area contributed by atoms with Gasteiger partial charge < -0.3 is 14.8 Å². The smallest absolute Gasteiger partial charge is 0.408 e. The Bertz CT molecular complexity index is 521. The van der Waals surface area contributed by atoms with Crippen LogP contribution in [0, 0.1) is 0 Å². The van der Waals surface area contributed by atoms with E-state index in [-0.39, 0.29) is 5.41 Å². The summed E-state index contributed by atoms with van der Waals surface area (Å²) in [6.07, 6.45) is 1.82. The van der Waals surface area contributed by atoms with Crippen LogP contribution in [-0.4, -0.2) is 27.8 Å². The number of alkyl carbamates (subject to hydrolysis) is 1.